The summed E-state index contributed by atoms with van der Waals surface area (Å²) in [7, 11) is 0. The van der Waals surface area contributed by atoms with E-state index in [0.29, 0.717) is 17.9 Å². The van der Waals surface area contributed by atoms with Gasteiger partial charge >= 0.3 is 0 Å². The zero-order valence-electron chi connectivity index (χ0n) is 9.99. The summed E-state index contributed by atoms with van der Waals surface area (Å²) in [4.78, 5) is 0. The maximum absolute atomic E-state index is 6.10. The van der Waals surface area contributed by atoms with Crippen molar-refractivity contribution in [3.8, 4) is 0 Å². The molecule has 0 bridgehead atoms. The Labute approximate surface area is 91.6 Å². The van der Waals surface area contributed by atoms with Crippen LogP contribution in [0.4, 0.5) is 0 Å². The molecule has 0 fully saturated rings. The average molecular weight is 208 g/mol. The van der Waals surface area contributed by atoms with E-state index in [9.17, 15) is 0 Å². The normalized spacial score (nSPS) is 26.0. The Kier molecular flexibility index (Phi) is 2.87. The van der Waals surface area contributed by atoms with Gasteiger partial charge in [0.25, 0.3) is 0 Å². The summed E-state index contributed by atoms with van der Waals surface area (Å²) < 4.78 is 11.6. The predicted molar refractivity (Wildman–Crippen MR) is 59.7 cm³/mol. The summed E-state index contributed by atoms with van der Waals surface area (Å²) in [5.74, 6) is 2.08. The van der Waals surface area contributed by atoms with Gasteiger partial charge in [-0.25, -0.2) is 0 Å². The number of ether oxygens (including phenoxy) is 1. The molecule has 84 valence electrons. The van der Waals surface area contributed by atoms with Crippen LogP contribution in [0.5, 0.6) is 0 Å². The van der Waals surface area contributed by atoms with Gasteiger partial charge in [-0.1, -0.05) is 27.7 Å². The Balaban J connectivity index is 2.27. The van der Waals surface area contributed by atoms with Gasteiger partial charge in [-0.3, -0.25) is 0 Å². The second kappa shape index (κ2) is 4.01. The van der Waals surface area contributed by atoms with E-state index < -0.39 is 0 Å². The van der Waals surface area contributed by atoms with Crippen molar-refractivity contribution in [2.75, 3.05) is 0 Å². The minimum atomic E-state index is 0.135. The van der Waals surface area contributed by atoms with Gasteiger partial charge in [0.15, 0.2) is 0 Å². The van der Waals surface area contributed by atoms with Crippen LogP contribution < -0.4 is 0 Å². The molecule has 0 N–H and O–H groups in total. The molecule has 0 spiro atoms. The minimum Gasteiger partial charge on any atom is -0.466 e. The van der Waals surface area contributed by atoms with Crippen molar-refractivity contribution in [2.24, 2.45) is 11.8 Å². The second-order valence-corrected chi connectivity index (χ2v) is 5.10. The minimum absolute atomic E-state index is 0.135. The Hall–Kier alpha value is -0.760. The molecule has 0 radical (unpaired) electrons. The zero-order valence-corrected chi connectivity index (χ0v) is 9.99. The summed E-state index contributed by atoms with van der Waals surface area (Å²) >= 11 is 0. The summed E-state index contributed by atoms with van der Waals surface area (Å²) in [5, 5.41) is 0. The number of hydrogen-bond donors (Lipinski definition) is 0. The van der Waals surface area contributed by atoms with Crippen molar-refractivity contribution in [2.45, 2.75) is 46.3 Å². The largest absolute Gasteiger partial charge is 0.466 e. The van der Waals surface area contributed by atoms with Crippen LogP contribution in [0.25, 0.3) is 0 Å². The molecule has 2 rings (SSSR count). The van der Waals surface area contributed by atoms with Gasteiger partial charge in [-0.2, -0.15) is 0 Å². The third-order valence-electron chi connectivity index (χ3n) is 3.13. The van der Waals surface area contributed by atoms with Crippen LogP contribution in [0.1, 0.15) is 45.1 Å². The van der Waals surface area contributed by atoms with Crippen molar-refractivity contribution >= 4 is 0 Å². The van der Waals surface area contributed by atoms with E-state index in [2.05, 4.69) is 33.8 Å². The van der Waals surface area contributed by atoms with Crippen LogP contribution in [-0.2, 0) is 11.2 Å². The van der Waals surface area contributed by atoms with Crippen LogP contribution in [0.2, 0.25) is 0 Å². The van der Waals surface area contributed by atoms with Gasteiger partial charge in [-0.15, -0.1) is 0 Å². The van der Waals surface area contributed by atoms with Gasteiger partial charge in [0.1, 0.15) is 11.9 Å². The topological polar surface area (TPSA) is 22.4 Å². The Bertz CT molecular complexity index is 325. The molecule has 2 heterocycles. The molecule has 2 nitrogen and oxygen atoms in total. The first-order chi connectivity index (χ1) is 7.09. The molecule has 0 aliphatic carbocycles. The van der Waals surface area contributed by atoms with E-state index in [-0.39, 0.29) is 6.10 Å². The molecule has 0 saturated carbocycles. The first kappa shape index (κ1) is 10.7. The van der Waals surface area contributed by atoms with Crippen molar-refractivity contribution in [1.29, 1.82) is 0 Å². The van der Waals surface area contributed by atoms with Crippen LogP contribution in [0.3, 0.4) is 0 Å². The summed E-state index contributed by atoms with van der Waals surface area (Å²) in [6.45, 7) is 8.79. The van der Waals surface area contributed by atoms with Gasteiger partial charge in [0.05, 0.1) is 12.4 Å². The molecule has 0 amide bonds. The fourth-order valence-corrected chi connectivity index (χ4v) is 2.13. The standard InChI is InChI=1S/C13H20O2/c1-8(2)11-7-10-5-6-14-13(10)12(15-11)9(3)4/h5-6,8-9,11-12H,7H2,1-4H3/t11-,12?/m1/s1. The highest BCUT2D eigenvalue weighted by Crippen LogP contribution is 2.37. The Morgan fingerprint density at radius 3 is 2.53 bits per heavy atom. The smallest absolute Gasteiger partial charge is 0.136 e. The molecular weight excluding hydrogens is 188 g/mol. The van der Waals surface area contributed by atoms with E-state index >= 15 is 0 Å². The molecule has 1 aliphatic rings. The van der Waals surface area contributed by atoms with E-state index in [1.54, 1.807) is 6.26 Å². The molecule has 1 aliphatic heterocycles. The van der Waals surface area contributed by atoms with Crippen LogP contribution >= 0.6 is 0 Å². The predicted octanol–water partition coefficient (Wildman–Crippen LogP) is 3.57. The quantitative estimate of drug-likeness (QED) is 0.741. The summed E-state index contributed by atoms with van der Waals surface area (Å²) in [6, 6.07) is 2.09. The lowest BCUT2D eigenvalue weighted by Crippen LogP contribution is -2.31. The Morgan fingerprint density at radius 1 is 1.20 bits per heavy atom. The highest BCUT2D eigenvalue weighted by atomic mass is 16.5. The summed E-state index contributed by atoms with van der Waals surface area (Å²) in [5.41, 5.74) is 1.33. The lowest BCUT2D eigenvalue weighted by Gasteiger charge is -2.33. The molecule has 15 heavy (non-hydrogen) atoms. The van der Waals surface area contributed by atoms with Gasteiger partial charge in [-0.05, 0) is 23.5 Å². The molecule has 0 aromatic carbocycles. The number of fused-ring (bicyclic) bond motifs is 1. The maximum atomic E-state index is 6.10. The van der Waals surface area contributed by atoms with Crippen molar-refractivity contribution < 1.29 is 9.15 Å². The molecular formula is C13H20O2. The highest BCUT2D eigenvalue weighted by Gasteiger charge is 2.33. The molecule has 1 unspecified atom stereocenters. The SMILES string of the molecule is CC(C)C1O[C@@H](C(C)C)Cc2ccoc21. The fraction of sp³-hybridized carbons (Fsp3) is 0.692. The van der Waals surface area contributed by atoms with Crippen molar-refractivity contribution in [3.05, 3.63) is 23.7 Å². The highest BCUT2D eigenvalue weighted by molar-refractivity contribution is 5.23. The van der Waals surface area contributed by atoms with E-state index in [1.165, 1.54) is 5.56 Å². The van der Waals surface area contributed by atoms with E-state index in [1.807, 2.05) is 0 Å². The molecule has 1 aromatic rings. The number of furan rings is 1. The van der Waals surface area contributed by atoms with Crippen LogP contribution in [0.15, 0.2) is 16.7 Å². The fourth-order valence-electron chi connectivity index (χ4n) is 2.13. The van der Waals surface area contributed by atoms with Crippen LogP contribution in [0, 0.1) is 11.8 Å². The van der Waals surface area contributed by atoms with Crippen LogP contribution in [-0.4, -0.2) is 6.10 Å². The monoisotopic (exact) mass is 208 g/mol. The third kappa shape index (κ3) is 1.96. The molecule has 0 saturated heterocycles. The summed E-state index contributed by atoms with van der Waals surface area (Å²) in [6.07, 6.45) is 3.25. The number of hydrogen-bond acceptors (Lipinski definition) is 2. The maximum Gasteiger partial charge on any atom is 0.136 e. The lowest BCUT2D eigenvalue weighted by atomic mass is 9.91. The van der Waals surface area contributed by atoms with Gasteiger partial charge in [0, 0.05) is 6.42 Å². The number of rotatable bonds is 2. The molecule has 1 aromatic heterocycles. The van der Waals surface area contributed by atoms with E-state index in [4.69, 9.17) is 9.15 Å². The lowest BCUT2D eigenvalue weighted by molar-refractivity contribution is -0.0795. The Morgan fingerprint density at radius 2 is 1.93 bits per heavy atom. The first-order valence-electron chi connectivity index (χ1n) is 5.81. The van der Waals surface area contributed by atoms with Gasteiger partial charge < -0.3 is 9.15 Å². The first-order valence-corrected chi connectivity index (χ1v) is 5.81. The second-order valence-electron chi connectivity index (χ2n) is 5.10. The zero-order chi connectivity index (χ0) is 11.0. The van der Waals surface area contributed by atoms with Crippen molar-refractivity contribution in [3.63, 3.8) is 0 Å². The third-order valence-corrected chi connectivity index (χ3v) is 3.13. The van der Waals surface area contributed by atoms with E-state index in [0.717, 1.165) is 12.2 Å². The molecule has 2 heteroatoms. The molecule has 2 atom stereocenters. The van der Waals surface area contributed by atoms with Crippen molar-refractivity contribution in [1.82, 2.24) is 0 Å². The van der Waals surface area contributed by atoms with Gasteiger partial charge in [0.2, 0.25) is 0 Å². The average Bonchev–Trinajstić information content (AvgIpc) is 2.62.